The molecule has 242 valence electrons. The Labute approximate surface area is 269 Å². The van der Waals surface area contributed by atoms with Crippen LogP contribution in [0, 0.1) is 23.7 Å². The first-order valence-electron chi connectivity index (χ1n) is 16.4. The van der Waals surface area contributed by atoms with Crippen molar-refractivity contribution in [2.75, 3.05) is 52.5 Å². The molecule has 1 N–H and O–H groups in total. The predicted molar refractivity (Wildman–Crippen MR) is 179 cm³/mol. The number of amides is 1. The molecule has 1 aliphatic carbocycles. The van der Waals surface area contributed by atoms with Crippen LogP contribution < -0.4 is 15.0 Å². The number of anilines is 1. The SMILES string of the molecule is CCCc1cc(Cl)ccc1C1COc2ccc(C(=O)NC)nc2N(CC2CCC2C(/C=C/CC(C)C(C)CCOC)OC)C1. The fraction of sp³-hybridized carbons (Fsp3) is 0.611. The number of fused-ring (bicyclic) bond motifs is 1. The van der Waals surface area contributed by atoms with E-state index in [1.807, 2.05) is 19.2 Å². The maximum Gasteiger partial charge on any atom is 0.269 e. The summed E-state index contributed by atoms with van der Waals surface area (Å²) in [5.74, 6) is 3.49. The molecule has 7 nitrogen and oxygen atoms in total. The molecule has 0 saturated heterocycles. The summed E-state index contributed by atoms with van der Waals surface area (Å²) in [5, 5.41) is 3.48. The van der Waals surface area contributed by atoms with Gasteiger partial charge in [0.2, 0.25) is 0 Å². The molecule has 4 rings (SSSR count). The Morgan fingerprint density at radius 3 is 2.70 bits per heavy atom. The first-order valence-corrected chi connectivity index (χ1v) is 16.7. The minimum Gasteiger partial charge on any atom is -0.489 e. The summed E-state index contributed by atoms with van der Waals surface area (Å²) >= 11 is 6.42. The van der Waals surface area contributed by atoms with Crippen LogP contribution in [0.5, 0.6) is 5.75 Å². The van der Waals surface area contributed by atoms with Crippen molar-refractivity contribution in [2.45, 2.75) is 71.3 Å². The van der Waals surface area contributed by atoms with Gasteiger partial charge in [-0.3, -0.25) is 4.79 Å². The van der Waals surface area contributed by atoms with Gasteiger partial charge in [0.1, 0.15) is 5.69 Å². The van der Waals surface area contributed by atoms with Crippen LogP contribution in [0.4, 0.5) is 5.82 Å². The maximum atomic E-state index is 12.6. The number of rotatable bonds is 15. The highest BCUT2D eigenvalue weighted by Gasteiger charge is 2.39. The topological polar surface area (TPSA) is 72.9 Å². The molecule has 0 bridgehead atoms. The summed E-state index contributed by atoms with van der Waals surface area (Å²) in [6, 6.07) is 9.88. The number of halogens is 1. The number of nitrogens with zero attached hydrogens (tertiary/aromatic N) is 2. The van der Waals surface area contributed by atoms with Gasteiger partial charge in [-0.25, -0.2) is 4.98 Å². The third-order valence-electron chi connectivity index (χ3n) is 9.75. The van der Waals surface area contributed by atoms with Crippen LogP contribution >= 0.6 is 11.6 Å². The molecular formula is C36H52ClN3O4. The summed E-state index contributed by atoms with van der Waals surface area (Å²) in [4.78, 5) is 19.8. The van der Waals surface area contributed by atoms with Gasteiger partial charge >= 0.3 is 0 Å². The molecule has 1 amide bonds. The van der Waals surface area contributed by atoms with E-state index in [-0.39, 0.29) is 17.9 Å². The number of carbonyl (C=O) groups excluding carboxylic acids is 1. The van der Waals surface area contributed by atoms with Crippen LogP contribution in [-0.2, 0) is 15.9 Å². The van der Waals surface area contributed by atoms with Crippen LogP contribution in [-0.4, -0.2) is 64.6 Å². The van der Waals surface area contributed by atoms with E-state index in [1.54, 1.807) is 20.2 Å². The van der Waals surface area contributed by atoms with Crippen molar-refractivity contribution >= 4 is 23.3 Å². The molecule has 6 unspecified atom stereocenters. The molecule has 44 heavy (non-hydrogen) atoms. The fourth-order valence-corrected chi connectivity index (χ4v) is 6.81. The highest BCUT2D eigenvalue weighted by molar-refractivity contribution is 6.30. The van der Waals surface area contributed by atoms with Gasteiger partial charge in [0, 0.05) is 51.9 Å². The van der Waals surface area contributed by atoms with Crippen molar-refractivity contribution in [2.24, 2.45) is 23.7 Å². The normalized spacial score (nSPS) is 22.0. The average Bonchev–Trinajstić information content (AvgIpc) is 3.20. The lowest BCUT2D eigenvalue weighted by molar-refractivity contribution is 0.0133. The number of methoxy groups -OCH3 is 2. The molecule has 1 aliphatic heterocycles. The molecule has 1 aromatic carbocycles. The van der Waals surface area contributed by atoms with Crippen LogP contribution in [0.3, 0.4) is 0 Å². The van der Waals surface area contributed by atoms with E-state index in [2.05, 4.69) is 55.3 Å². The summed E-state index contributed by atoms with van der Waals surface area (Å²) < 4.78 is 17.7. The molecule has 0 radical (unpaired) electrons. The van der Waals surface area contributed by atoms with E-state index >= 15 is 0 Å². The van der Waals surface area contributed by atoms with E-state index in [9.17, 15) is 4.79 Å². The number of aryl methyl sites for hydroxylation is 1. The zero-order chi connectivity index (χ0) is 31.6. The lowest BCUT2D eigenvalue weighted by Gasteiger charge is -2.43. The number of hydrogen-bond acceptors (Lipinski definition) is 6. The minimum atomic E-state index is -0.201. The number of nitrogens with one attached hydrogen (secondary N) is 1. The smallest absolute Gasteiger partial charge is 0.269 e. The van der Waals surface area contributed by atoms with Crippen molar-refractivity contribution in [3.05, 3.63) is 64.3 Å². The van der Waals surface area contributed by atoms with Crippen molar-refractivity contribution in [3.8, 4) is 5.75 Å². The maximum absolute atomic E-state index is 12.6. The standard InChI is InChI=1S/C36H52ClN3O4/c1-7-9-26-20-29(37)13-15-30(26)28-22-40(35-34(44-23-28)17-16-32(39-35)36(41)38-4)21-27-12-14-31(27)33(43-6)11-8-10-24(2)25(3)18-19-42-5/h8,11,13,15-17,20,24-25,27-28,31,33H,7,9-10,12,14,18-19,21-23H2,1-6H3,(H,38,41)/b11-8+. The van der Waals surface area contributed by atoms with Crippen molar-refractivity contribution in [1.29, 1.82) is 0 Å². The zero-order valence-electron chi connectivity index (χ0n) is 27.5. The number of aromatic nitrogens is 1. The summed E-state index contributed by atoms with van der Waals surface area (Å²) in [6.45, 7) is 9.76. The molecule has 1 saturated carbocycles. The number of benzene rings is 1. The van der Waals surface area contributed by atoms with Gasteiger partial charge in [0.15, 0.2) is 11.6 Å². The summed E-state index contributed by atoms with van der Waals surface area (Å²) in [7, 11) is 5.23. The van der Waals surface area contributed by atoms with Crippen LogP contribution in [0.1, 0.15) is 80.4 Å². The number of carbonyl (C=O) groups is 1. The van der Waals surface area contributed by atoms with E-state index in [1.165, 1.54) is 11.1 Å². The van der Waals surface area contributed by atoms with Crippen molar-refractivity contribution < 1.29 is 19.0 Å². The minimum absolute atomic E-state index is 0.0753. The third kappa shape index (κ3) is 8.55. The molecule has 2 heterocycles. The Morgan fingerprint density at radius 2 is 2.02 bits per heavy atom. The Kier molecular flexibility index (Phi) is 13.0. The number of pyridine rings is 1. The van der Waals surface area contributed by atoms with Crippen LogP contribution in [0.2, 0.25) is 5.02 Å². The molecular weight excluding hydrogens is 574 g/mol. The Bertz CT molecular complexity index is 1250. The van der Waals surface area contributed by atoms with Crippen molar-refractivity contribution in [3.63, 3.8) is 0 Å². The second-order valence-corrected chi connectivity index (χ2v) is 13.1. The van der Waals surface area contributed by atoms with Crippen molar-refractivity contribution in [1.82, 2.24) is 10.3 Å². The molecule has 6 atom stereocenters. The van der Waals surface area contributed by atoms with Gasteiger partial charge in [-0.2, -0.15) is 0 Å². The number of hydrogen-bond donors (Lipinski definition) is 1. The lowest BCUT2D eigenvalue weighted by Crippen LogP contribution is -2.44. The number of allylic oxidation sites excluding steroid dienone is 1. The van der Waals surface area contributed by atoms with E-state index in [0.29, 0.717) is 36.0 Å². The quantitative estimate of drug-likeness (QED) is 0.209. The molecule has 2 aliphatic rings. The Balaban J connectivity index is 1.55. The highest BCUT2D eigenvalue weighted by atomic mass is 35.5. The first-order chi connectivity index (χ1) is 21.3. The second kappa shape index (κ2) is 16.6. The van der Waals surface area contributed by atoms with Crippen LogP contribution in [0.15, 0.2) is 42.5 Å². The molecule has 1 fully saturated rings. The van der Waals surface area contributed by atoms with Gasteiger partial charge in [-0.1, -0.05) is 57.0 Å². The first kappa shape index (κ1) is 34.3. The van der Waals surface area contributed by atoms with E-state index in [4.69, 9.17) is 30.8 Å². The largest absolute Gasteiger partial charge is 0.489 e. The number of ether oxygens (including phenoxy) is 3. The molecule has 2 aromatic rings. The predicted octanol–water partition coefficient (Wildman–Crippen LogP) is 7.33. The molecule has 8 heteroatoms. The summed E-state index contributed by atoms with van der Waals surface area (Å²) in [6.07, 6.45) is 11.1. The van der Waals surface area contributed by atoms with E-state index in [0.717, 1.165) is 74.8 Å². The molecule has 1 aromatic heterocycles. The Hall–Kier alpha value is -2.61. The second-order valence-electron chi connectivity index (χ2n) is 12.7. The van der Waals surface area contributed by atoms with Gasteiger partial charge in [0.25, 0.3) is 5.91 Å². The summed E-state index contributed by atoms with van der Waals surface area (Å²) in [5.41, 5.74) is 2.95. The highest BCUT2D eigenvalue weighted by Crippen LogP contribution is 2.42. The fourth-order valence-electron chi connectivity index (χ4n) is 6.61. The van der Waals surface area contributed by atoms with Gasteiger partial charge < -0.3 is 24.4 Å². The average molecular weight is 626 g/mol. The zero-order valence-corrected chi connectivity index (χ0v) is 28.2. The third-order valence-corrected chi connectivity index (χ3v) is 9.99. The van der Waals surface area contributed by atoms with E-state index < -0.39 is 0 Å². The van der Waals surface area contributed by atoms with Gasteiger partial charge in [-0.05, 0) is 91.2 Å². The Morgan fingerprint density at radius 1 is 1.20 bits per heavy atom. The monoisotopic (exact) mass is 625 g/mol. The van der Waals surface area contributed by atoms with Gasteiger partial charge in [0.05, 0.1) is 12.7 Å². The lowest BCUT2D eigenvalue weighted by atomic mass is 9.70. The molecule has 0 spiro atoms. The van der Waals surface area contributed by atoms with Crippen LogP contribution in [0.25, 0.3) is 0 Å². The van der Waals surface area contributed by atoms with Gasteiger partial charge in [-0.15, -0.1) is 0 Å².